The summed E-state index contributed by atoms with van der Waals surface area (Å²) >= 11 is 0. The van der Waals surface area contributed by atoms with Crippen LogP contribution in [0.3, 0.4) is 0 Å². The van der Waals surface area contributed by atoms with Gasteiger partial charge in [-0.3, -0.25) is 9.69 Å². The van der Waals surface area contributed by atoms with Gasteiger partial charge >= 0.3 is 0 Å². The molecule has 2 fully saturated rings. The van der Waals surface area contributed by atoms with Crippen LogP contribution in [-0.2, 0) is 9.53 Å². The number of nitrogens with one attached hydrogen (secondary N) is 1. The van der Waals surface area contributed by atoms with E-state index in [0.717, 1.165) is 45.6 Å². The number of carbonyl (C=O) groups is 1. The summed E-state index contributed by atoms with van der Waals surface area (Å²) in [6.45, 7) is 6.52. The van der Waals surface area contributed by atoms with Gasteiger partial charge in [-0.05, 0) is 19.9 Å². The summed E-state index contributed by atoms with van der Waals surface area (Å²) in [6.07, 6.45) is 1.46. The van der Waals surface area contributed by atoms with Crippen LogP contribution in [0.5, 0.6) is 0 Å². The molecule has 0 aliphatic carbocycles. The highest BCUT2D eigenvalue weighted by Crippen LogP contribution is 2.18. The van der Waals surface area contributed by atoms with Crippen LogP contribution in [0, 0.1) is 0 Å². The average Bonchev–Trinajstić information content (AvgIpc) is 2.90. The van der Waals surface area contributed by atoms with Gasteiger partial charge in [0.05, 0.1) is 6.10 Å². The zero-order chi connectivity index (χ0) is 13.7. The first-order valence-electron chi connectivity index (χ1n) is 7.23. The van der Waals surface area contributed by atoms with E-state index in [4.69, 9.17) is 10.5 Å². The first-order chi connectivity index (χ1) is 9.19. The smallest absolute Gasteiger partial charge is 0.249 e. The van der Waals surface area contributed by atoms with E-state index in [1.807, 2.05) is 0 Å². The van der Waals surface area contributed by atoms with Gasteiger partial charge in [-0.25, -0.2) is 0 Å². The Hall–Kier alpha value is -0.690. The van der Waals surface area contributed by atoms with Crippen molar-refractivity contribution in [3.05, 3.63) is 0 Å². The minimum absolute atomic E-state index is 0.0186. The Morgan fingerprint density at radius 2 is 2.05 bits per heavy atom. The van der Waals surface area contributed by atoms with Crippen LogP contribution in [0.4, 0.5) is 0 Å². The third-order valence-corrected chi connectivity index (χ3v) is 3.99. The van der Waals surface area contributed by atoms with E-state index in [2.05, 4.69) is 22.2 Å². The fourth-order valence-corrected chi connectivity index (χ4v) is 2.59. The number of piperazine rings is 1. The van der Waals surface area contributed by atoms with Crippen LogP contribution in [0.2, 0.25) is 0 Å². The minimum Gasteiger partial charge on any atom is -0.364 e. The van der Waals surface area contributed by atoms with Gasteiger partial charge in [-0.2, -0.15) is 0 Å². The van der Waals surface area contributed by atoms with Crippen LogP contribution in [0.1, 0.15) is 12.8 Å². The number of likely N-dealkylation sites (N-methyl/N-ethyl adjacent to an activating group) is 1. The van der Waals surface area contributed by atoms with Gasteiger partial charge < -0.3 is 20.7 Å². The lowest BCUT2D eigenvalue weighted by atomic mass is 10.2. The molecule has 0 bridgehead atoms. The van der Waals surface area contributed by atoms with Gasteiger partial charge in [0.2, 0.25) is 5.91 Å². The summed E-state index contributed by atoms with van der Waals surface area (Å²) in [5, 5.41) is 2.97. The predicted octanol–water partition coefficient (Wildman–Crippen LogP) is -1.14. The van der Waals surface area contributed by atoms with Crippen molar-refractivity contribution in [3.63, 3.8) is 0 Å². The standard InChI is InChI=1S/C13H26N4O2/c1-16-6-8-17(9-7-16)5-4-15-13(18)12-3-2-11(10-14)19-12/h11-12H,2-10,14H2,1H3,(H,15,18). The number of ether oxygens (including phenoxy) is 1. The molecule has 3 N–H and O–H groups in total. The highest BCUT2D eigenvalue weighted by molar-refractivity contribution is 5.81. The topological polar surface area (TPSA) is 70.8 Å². The first-order valence-corrected chi connectivity index (χ1v) is 7.23. The van der Waals surface area contributed by atoms with Crippen LogP contribution in [0.15, 0.2) is 0 Å². The largest absolute Gasteiger partial charge is 0.364 e. The molecule has 2 unspecified atom stereocenters. The molecule has 6 nitrogen and oxygen atoms in total. The number of amides is 1. The van der Waals surface area contributed by atoms with Crippen molar-refractivity contribution in [3.8, 4) is 0 Å². The second kappa shape index (κ2) is 7.19. The molecule has 0 saturated carbocycles. The molecule has 0 aromatic rings. The van der Waals surface area contributed by atoms with E-state index < -0.39 is 0 Å². The fourth-order valence-electron chi connectivity index (χ4n) is 2.59. The third-order valence-electron chi connectivity index (χ3n) is 3.99. The molecule has 0 aromatic heterocycles. The van der Waals surface area contributed by atoms with E-state index in [1.165, 1.54) is 0 Å². The number of hydrogen-bond acceptors (Lipinski definition) is 5. The van der Waals surface area contributed by atoms with E-state index in [9.17, 15) is 4.79 Å². The van der Waals surface area contributed by atoms with Crippen molar-refractivity contribution >= 4 is 5.91 Å². The molecule has 0 spiro atoms. The molecule has 2 aliphatic heterocycles. The van der Waals surface area contributed by atoms with Gasteiger partial charge in [0.1, 0.15) is 6.10 Å². The number of nitrogens with two attached hydrogens (primary N) is 1. The molecule has 0 aromatic carbocycles. The van der Waals surface area contributed by atoms with E-state index in [1.54, 1.807) is 0 Å². The Bertz CT molecular complexity index is 292. The summed E-state index contributed by atoms with van der Waals surface area (Å²) in [6, 6.07) is 0. The highest BCUT2D eigenvalue weighted by Gasteiger charge is 2.29. The average molecular weight is 270 g/mol. The first kappa shape index (κ1) is 14.7. The minimum atomic E-state index is -0.291. The van der Waals surface area contributed by atoms with E-state index in [0.29, 0.717) is 13.1 Å². The second-order valence-electron chi connectivity index (χ2n) is 5.50. The van der Waals surface area contributed by atoms with Crippen molar-refractivity contribution in [2.24, 2.45) is 5.73 Å². The molecule has 2 atom stereocenters. The van der Waals surface area contributed by atoms with Crippen molar-refractivity contribution in [2.75, 3.05) is 52.9 Å². The normalized spacial score (nSPS) is 29.6. The van der Waals surface area contributed by atoms with E-state index >= 15 is 0 Å². The monoisotopic (exact) mass is 270 g/mol. The Kier molecular flexibility index (Phi) is 5.57. The quantitative estimate of drug-likeness (QED) is 0.660. The predicted molar refractivity (Wildman–Crippen MR) is 73.9 cm³/mol. The van der Waals surface area contributed by atoms with Crippen molar-refractivity contribution in [2.45, 2.75) is 25.0 Å². The maximum atomic E-state index is 11.9. The Morgan fingerprint density at radius 1 is 1.32 bits per heavy atom. The molecule has 19 heavy (non-hydrogen) atoms. The molecule has 2 saturated heterocycles. The van der Waals surface area contributed by atoms with Crippen LogP contribution in [0.25, 0.3) is 0 Å². The molecular weight excluding hydrogens is 244 g/mol. The Balaban J connectivity index is 1.59. The molecule has 1 amide bonds. The highest BCUT2D eigenvalue weighted by atomic mass is 16.5. The lowest BCUT2D eigenvalue weighted by Gasteiger charge is -2.32. The molecule has 0 radical (unpaired) electrons. The molecule has 110 valence electrons. The van der Waals surface area contributed by atoms with Gasteiger partial charge in [0.25, 0.3) is 0 Å². The summed E-state index contributed by atoms with van der Waals surface area (Å²) in [5.74, 6) is 0.0186. The van der Waals surface area contributed by atoms with Crippen molar-refractivity contribution < 1.29 is 9.53 Å². The van der Waals surface area contributed by atoms with Crippen molar-refractivity contribution in [1.82, 2.24) is 15.1 Å². The fraction of sp³-hybridized carbons (Fsp3) is 0.923. The van der Waals surface area contributed by atoms with Crippen LogP contribution < -0.4 is 11.1 Å². The molecule has 2 aliphatic rings. The molecule has 6 heteroatoms. The Morgan fingerprint density at radius 3 is 2.68 bits per heavy atom. The second-order valence-corrected chi connectivity index (χ2v) is 5.50. The summed E-state index contributed by atoms with van der Waals surface area (Å²) < 4.78 is 5.57. The van der Waals surface area contributed by atoms with Gasteiger partial charge in [0, 0.05) is 45.8 Å². The van der Waals surface area contributed by atoms with Gasteiger partial charge in [-0.1, -0.05) is 0 Å². The maximum Gasteiger partial charge on any atom is 0.249 e. The van der Waals surface area contributed by atoms with Crippen LogP contribution in [-0.4, -0.2) is 80.8 Å². The third kappa shape index (κ3) is 4.42. The van der Waals surface area contributed by atoms with Crippen molar-refractivity contribution in [1.29, 1.82) is 0 Å². The molecule has 2 rings (SSSR count). The maximum absolute atomic E-state index is 11.9. The number of nitrogens with zero attached hydrogens (tertiary/aromatic N) is 2. The number of rotatable bonds is 5. The van der Waals surface area contributed by atoms with Gasteiger partial charge in [0.15, 0.2) is 0 Å². The van der Waals surface area contributed by atoms with Gasteiger partial charge in [-0.15, -0.1) is 0 Å². The number of carbonyl (C=O) groups excluding carboxylic acids is 1. The molecule has 2 heterocycles. The zero-order valence-corrected chi connectivity index (χ0v) is 11.8. The zero-order valence-electron chi connectivity index (χ0n) is 11.8. The summed E-state index contributed by atoms with van der Waals surface area (Å²) in [5.41, 5.74) is 5.54. The SMILES string of the molecule is CN1CCN(CCNC(=O)C2CCC(CN)O2)CC1. The summed E-state index contributed by atoms with van der Waals surface area (Å²) in [4.78, 5) is 16.6. The Labute approximate surface area is 115 Å². The number of hydrogen-bond donors (Lipinski definition) is 2. The lowest BCUT2D eigenvalue weighted by Crippen LogP contribution is -2.47. The summed E-state index contributed by atoms with van der Waals surface area (Å²) in [7, 11) is 2.14. The molecular formula is C13H26N4O2. The lowest BCUT2D eigenvalue weighted by molar-refractivity contribution is -0.131. The van der Waals surface area contributed by atoms with Crippen LogP contribution >= 0.6 is 0 Å². The van der Waals surface area contributed by atoms with E-state index in [-0.39, 0.29) is 18.1 Å².